The molecular weight excluding hydrogens is 222 g/mol. The van der Waals surface area contributed by atoms with E-state index in [9.17, 15) is 9.90 Å². The van der Waals surface area contributed by atoms with E-state index in [0.29, 0.717) is 11.1 Å². The predicted molar refractivity (Wildman–Crippen MR) is 59.6 cm³/mol. The van der Waals surface area contributed by atoms with Crippen molar-refractivity contribution in [3.63, 3.8) is 0 Å². The second-order valence-corrected chi connectivity index (χ2v) is 3.51. The van der Waals surface area contributed by atoms with Crippen LogP contribution in [0.4, 0.5) is 5.95 Å². The summed E-state index contributed by atoms with van der Waals surface area (Å²) in [5.41, 5.74) is 0.881. The molecule has 0 aliphatic rings. The Morgan fingerprint density at radius 1 is 1.47 bits per heavy atom. The number of tetrazole rings is 1. The molecule has 88 valence electrons. The van der Waals surface area contributed by atoms with Gasteiger partial charge in [0.2, 0.25) is 0 Å². The smallest absolute Gasteiger partial charge is 0.270 e. The molecule has 1 heterocycles. The molecule has 0 saturated carbocycles. The number of aryl methyl sites for hydroxylation is 1. The number of carbonyl (C=O) groups excluding carboxylic acids is 1. The highest BCUT2D eigenvalue weighted by molar-refractivity contribution is 6.04. The van der Waals surface area contributed by atoms with Crippen LogP contribution < -0.4 is 5.32 Å². The van der Waals surface area contributed by atoms with Crippen LogP contribution in [-0.2, 0) is 7.05 Å². The topological polar surface area (TPSA) is 92.9 Å². The van der Waals surface area contributed by atoms with Gasteiger partial charge in [-0.1, -0.05) is 11.2 Å². The Morgan fingerprint density at radius 3 is 2.88 bits per heavy atom. The van der Waals surface area contributed by atoms with Crippen molar-refractivity contribution in [2.24, 2.45) is 7.05 Å². The maximum Gasteiger partial charge on any atom is 0.270 e. The highest BCUT2D eigenvalue weighted by Crippen LogP contribution is 2.19. The van der Waals surface area contributed by atoms with Crippen molar-refractivity contribution in [1.82, 2.24) is 20.2 Å². The molecule has 0 atom stereocenters. The number of nitrogens with zero attached hydrogens (tertiary/aromatic N) is 4. The van der Waals surface area contributed by atoms with Crippen LogP contribution >= 0.6 is 0 Å². The Morgan fingerprint density at radius 2 is 2.24 bits per heavy atom. The minimum atomic E-state index is -0.383. The molecule has 7 heteroatoms. The standard InChI is InChI=1S/C10H11N5O2/c1-6-7(4-3-5-8(6)16)9(17)11-10-12-14-15(2)13-10/h3-5,16H,1-2H3,(H,11,13,17). The summed E-state index contributed by atoms with van der Waals surface area (Å²) in [6, 6.07) is 4.73. The van der Waals surface area contributed by atoms with Gasteiger partial charge in [0.05, 0.1) is 7.05 Å². The lowest BCUT2D eigenvalue weighted by molar-refractivity contribution is 0.102. The fraction of sp³-hybridized carbons (Fsp3) is 0.200. The Kier molecular flexibility index (Phi) is 2.73. The maximum absolute atomic E-state index is 11.9. The minimum absolute atomic E-state index is 0.0738. The van der Waals surface area contributed by atoms with Crippen molar-refractivity contribution in [2.75, 3.05) is 5.32 Å². The molecule has 0 spiro atoms. The van der Waals surface area contributed by atoms with Crippen molar-refractivity contribution in [2.45, 2.75) is 6.92 Å². The SMILES string of the molecule is Cc1c(O)cccc1C(=O)Nc1nnn(C)n1. The number of nitrogens with one attached hydrogen (secondary N) is 1. The molecule has 2 rings (SSSR count). The number of phenolic OH excluding ortho intramolecular Hbond substituents is 1. The zero-order valence-corrected chi connectivity index (χ0v) is 9.38. The number of phenols is 1. The molecule has 0 saturated heterocycles. The number of rotatable bonds is 2. The summed E-state index contributed by atoms with van der Waals surface area (Å²) < 4.78 is 0. The molecule has 0 radical (unpaired) electrons. The van der Waals surface area contributed by atoms with E-state index >= 15 is 0 Å². The Hall–Kier alpha value is -2.44. The van der Waals surface area contributed by atoms with Gasteiger partial charge in [-0.2, -0.15) is 4.80 Å². The predicted octanol–water partition coefficient (Wildman–Crippen LogP) is 0.476. The molecule has 1 amide bonds. The van der Waals surface area contributed by atoms with Gasteiger partial charge in [0.1, 0.15) is 5.75 Å². The molecule has 0 unspecified atom stereocenters. The van der Waals surface area contributed by atoms with Crippen LogP contribution in [0.1, 0.15) is 15.9 Å². The number of aromatic nitrogens is 4. The van der Waals surface area contributed by atoms with Gasteiger partial charge in [0, 0.05) is 11.1 Å². The number of hydrogen-bond donors (Lipinski definition) is 2. The second kappa shape index (κ2) is 4.20. The zero-order valence-electron chi connectivity index (χ0n) is 9.38. The van der Waals surface area contributed by atoms with Crippen LogP contribution in [0.5, 0.6) is 5.75 Å². The summed E-state index contributed by atoms with van der Waals surface area (Å²) in [6.07, 6.45) is 0. The van der Waals surface area contributed by atoms with Crippen molar-refractivity contribution < 1.29 is 9.90 Å². The van der Waals surface area contributed by atoms with Crippen molar-refractivity contribution in [1.29, 1.82) is 0 Å². The van der Waals surface area contributed by atoms with E-state index in [1.54, 1.807) is 26.1 Å². The summed E-state index contributed by atoms with van der Waals surface area (Å²) in [6.45, 7) is 1.66. The number of benzene rings is 1. The Balaban J connectivity index is 2.23. The molecule has 7 nitrogen and oxygen atoms in total. The molecule has 2 aromatic rings. The Labute approximate surface area is 97.1 Å². The van der Waals surface area contributed by atoms with Gasteiger partial charge in [-0.15, -0.1) is 5.10 Å². The van der Waals surface area contributed by atoms with Gasteiger partial charge in [0.25, 0.3) is 11.9 Å². The minimum Gasteiger partial charge on any atom is -0.508 e. The van der Waals surface area contributed by atoms with Crippen LogP contribution in [0, 0.1) is 6.92 Å². The van der Waals surface area contributed by atoms with Crippen molar-refractivity contribution in [3.05, 3.63) is 29.3 Å². The summed E-state index contributed by atoms with van der Waals surface area (Å²) in [4.78, 5) is 13.1. The average Bonchev–Trinajstić information content (AvgIpc) is 2.68. The first kappa shape index (κ1) is 11.1. The Bertz CT molecular complexity index is 564. The van der Waals surface area contributed by atoms with Gasteiger partial charge in [-0.25, -0.2) is 0 Å². The summed E-state index contributed by atoms with van der Waals surface area (Å²) in [5, 5.41) is 23.0. The van der Waals surface area contributed by atoms with Crippen LogP contribution in [0.2, 0.25) is 0 Å². The third-order valence-corrected chi connectivity index (χ3v) is 2.28. The van der Waals surface area contributed by atoms with E-state index in [4.69, 9.17) is 0 Å². The number of carbonyl (C=O) groups is 1. The molecule has 1 aromatic carbocycles. The van der Waals surface area contributed by atoms with Gasteiger partial charge in [-0.05, 0) is 24.3 Å². The molecule has 0 aliphatic carbocycles. The van der Waals surface area contributed by atoms with Crippen LogP contribution in [0.25, 0.3) is 0 Å². The van der Waals surface area contributed by atoms with Crippen LogP contribution in [-0.4, -0.2) is 31.2 Å². The number of hydrogen-bond acceptors (Lipinski definition) is 5. The first-order valence-electron chi connectivity index (χ1n) is 4.92. The number of anilines is 1. The van der Waals surface area contributed by atoms with Gasteiger partial charge >= 0.3 is 0 Å². The summed E-state index contributed by atoms with van der Waals surface area (Å²) >= 11 is 0. The van der Waals surface area contributed by atoms with Crippen molar-refractivity contribution in [3.8, 4) is 5.75 Å². The first-order valence-corrected chi connectivity index (χ1v) is 4.92. The third-order valence-electron chi connectivity index (χ3n) is 2.28. The van der Waals surface area contributed by atoms with Crippen LogP contribution in [0.3, 0.4) is 0 Å². The van der Waals surface area contributed by atoms with Crippen molar-refractivity contribution >= 4 is 11.9 Å². The molecule has 0 aliphatic heterocycles. The van der Waals surface area contributed by atoms with E-state index in [0.717, 1.165) is 0 Å². The van der Waals surface area contributed by atoms with Crippen LogP contribution in [0.15, 0.2) is 18.2 Å². The molecule has 1 aromatic heterocycles. The van der Waals surface area contributed by atoms with E-state index in [2.05, 4.69) is 20.7 Å². The fourth-order valence-corrected chi connectivity index (χ4v) is 1.37. The van der Waals surface area contributed by atoms with Gasteiger partial charge in [0.15, 0.2) is 0 Å². The van der Waals surface area contributed by atoms with Gasteiger partial charge in [-0.3, -0.25) is 10.1 Å². The highest BCUT2D eigenvalue weighted by Gasteiger charge is 2.13. The molecule has 17 heavy (non-hydrogen) atoms. The highest BCUT2D eigenvalue weighted by atomic mass is 16.3. The lowest BCUT2D eigenvalue weighted by Crippen LogP contribution is -2.14. The monoisotopic (exact) mass is 233 g/mol. The van der Waals surface area contributed by atoms with E-state index in [1.807, 2.05) is 0 Å². The molecule has 0 bridgehead atoms. The van der Waals surface area contributed by atoms with Gasteiger partial charge < -0.3 is 5.11 Å². The van der Waals surface area contributed by atoms with E-state index < -0.39 is 0 Å². The third kappa shape index (κ3) is 2.22. The lowest BCUT2D eigenvalue weighted by atomic mass is 10.1. The zero-order chi connectivity index (χ0) is 12.4. The summed E-state index contributed by atoms with van der Waals surface area (Å²) in [7, 11) is 1.60. The molecular formula is C10H11N5O2. The largest absolute Gasteiger partial charge is 0.508 e. The number of amides is 1. The normalized spacial score (nSPS) is 10.2. The van der Waals surface area contributed by atoms with E-state index in [1.165, 1.54) is 10.9 Å². The second-order valence-electron chi connectivity index (χ2n) is 3.51. The first-order chi connectivity index (χ1) is 8.08. The number of aromatic hydroxyl groups is 1. The molecule has 2 N–H and O–H groups in total. The lowest BCUT2D eigenvalue weighted by Gasteiger charge is -2.05. The quantitative estimate of drug-likeness (QED) is 0.786. The molecule has 0 fully saturated rings. The average molecular weight is 233 g/mol. The van der Waals surface area contributed by atoms with E-state index in [-0.39, 0.29) is 17.6 Å². The maximum atomic E-state index is 11.9. The fourth-order valence-electron chi connectivity index (χ4n) is 1.37. The summed E-state index contributed by atoms with van der Waals surface area (Å²) in [5.74, 6) is -0.184.